The van der Waals surface area contributed by atoms with E-state index in [9.17, 15) is 0 Å². The third-order valence-corrected chi connectivity index (χ3v) is 3.16. The normalized spacial score (nSPS) is 12.6. The second-order valence-electron chi connectivity index (χ2n) is 5.11. The highest BCUT2D eigenvalue weighted by molar-refractivity contribution is 5.86. The molecule has 96 valence electrons. The first-order valence-electron chi connectivity index (χ1n) is 6.65. The average Bonchev–Trinajstić information content (AvgIpc) is 2.34. The highest BCUT2D eigenvalue weighted by Crippen LogP contribution is 2.20. The molecule has 1 atom stereocenters. The van der Waals surface area contributed by atoms with Gasteiger partial charge in [0.15, 0.2) is 0 Å². The molecule has 3 N–H and O–H groups in total. The number of hydrogen-bond donors (Lipinski definition) is 2. The fourth-order valence-electron chi connectivity index (χ4n) is 2.13. The quantitative estimate of drug-likeness (QED) is 0.785. The van der Waals surface area contributed by atoms with Crippen molar-refractivity contribution in [3.63, 3.8) is 0 Å². The van der Waals surface area contributed by atoms with Crippen molar-refractivity contribution in [2.75, 3.05) is 11.9 Å². The first-order chi connectivity index (χ1) is 8.65. The number of aryl methyl sites for hydroxylation is 1. The number of benzene rings is 2. The standard InChI is InChI=1S/C16H22N2/c1-12-5-6-15-11-16(8-7-14(15)10-12)18-9-3-4-13(2)17/h5-8,10-11,13,18H,3-4,9,17H2,1-2H3. The first kappa shape index (κ1) is 12.9. The van der Waals surface area contributed by atoms with Crippen LogP contribution >= 0.6 is 0 Å². The molecule has 2 aromatic carbocycles. The molecule has 0 radical (unpaired) electrons. The molecule has 0 aromatic heterocycles. The summed E-state index contributed by atoms with van der Waals surface area (Å²) in [5, 5.41) is 6.04. The van der Waals surface area contributed by atoms with Gasteiger partial charge >= 0.3 is 0 Å². The molecule has 0 saturated heterocycles. The second-order valence-corrected chi connectivity index (χ2v) is 5.11. The van der Waals surface area contributed by atoms with Crippen molar-refractivity contribution in [1.29, 1.82) is 0 Å². The van der Waals surface area contributed by atoms with Crippen LogP contribution in [0.5, 0.6) is 0 Å². The topological polar surface area (TPSA) is 38.0 Å². The second kappa shape index (κ2) is 5.87. The zero-order valence-electron chi connectivity index (χ0n) is 11.2. The van der Waals surface area contributed by atoms with Crippen molar-refractivity contribution >= 4 is 16.5 Å². The molecule has 0 amide bonds. The van der Waals surface area contributed by atoms with Crippen LogP contribution in [0.1, 0.15) is 25.3 Å². The van der Waals surface area contributed by atoms with Crippen molar-refractivity contribution in [2.45, 2.75) is 32.7 Å². The van der Waals surface area contributed by atoms with Gasteiger partial charge in [0.25, 0.3) is 0 Å². The summed E-state index contributed by atoms with van der Waals surface area (Å²) in [6, 6.07) is 13.4. The molecule has 2 aromatic rings. The van der Waals surface area contributed by atoms with Crippen LogP contribution in [-0.4, -0.2) is 12.6 Å². The number of hydrogen-bond acceptors (Lipinski definition) is 2. The minimum Gasteiger partial charge on any atom is -0.385 e. The van der Waals surface area contributed by atoms with E-state index in [4.69, 9.17) is 5.73 Å². The van der Waals surface area contributed by atoms with E-state index in [0.717, 1.165) is 19.4 Å². The van der Waals surface area contributed by atoms with Crippen molar-refractivity contribution in [2.24, 2.45) is 5.73 Å². The smallest absolute Gasteiger partial charge is 0.0346 e. The van der Waals surface area contributed by atoms with Crippen molar-refractivity contribution in [3.05, 3.63) is 42.0 Å². The minimum atomic E-state index is 0.298. The van der Waals surface area contributed by atoms with Gasteiger partial charge in [-0.1, -0.05) is 29.8 Å². The number of nitrogens with one attached hydrogen (secondary N) is 1. The summed E-state index contributed by atoms with van der Waals surface area (Å²) in [7, 11) is 0. The molecular formula is C16H22N2. The first-order valence-corrected chi connectivity index (χ1v) is 6.65. The molecule has 0 spiro atoms. The monoisotopic (exact) mass is 242 g/mol. The molecule has 18 heavy (non-hydrogen) atoms. The van der Waals surface area contributed by atoms with E-state index in [1.54, 1.807) is 0 Å². The maximum absolute atomic E-state index is 5.73. The lowest BCUT2D eigenvalue weighted by Crippen LogP contribution is -2.16. The largest absolute Gasteiger partial charge is 0.385 e. The van der Waals surface area contributed by atoms with E-state index < -0.39 is 0 Å². The summed E-state index contributed by atoms with van der Waals surface area (Å²) in [5.74, 6) is 0. The van der Waals surface area contributed by atoms with Crippen LogP contribution in [0.25, 0.3) is 10.8 Å². The number of rotatable bonds is 5. The van der Waals surface area contributed by atoms with Crippen LogP contribution in [0.3, 0.4) is 0 Å². The van der Waals surface area contributed by atoms with Gasteiger partial charge in [-0.2, -0.15) is 0 Å². The van der Waals surface area contributed by atoms with Crippen LogP contribution < -0.4 is 11.1 Å². The molecule has 0 aliphatic carbocycles. The molecule has 2 nitrogen and oxygen atoms in total. The number of nitrogens with two attached hydrogens (primary N) is 1. The molecular weight excluding hydrogens is 220 g/mol. The van der Waals surface area contributed by atoms with Crippen LogP contribution in [0.4, 0.5) is 5.69 Å². The van der Waals surface area contributed by atoms with Gasteiger partial charge in [-0.25, -0.2) is 0 Å². The van der Waals surface area contributed by atoms with Gasteiger partial charge in [-0.15, -0.1) is 0 Å². The van der Waals surface area contributed by atoms with Crippen molar-refractivity contribution in [3.8, 4) is 0 Å². The molecule has 2 rings (SSSR count). The summed E-state index contributed by atoms with van der Waals surface area (Å²) in [6.07, 6.45) is 2.18. The van der Waals surface area contributed by atoms with E-state index in [-0.39, 0.29) is 0 Å². The Morgan fingerprint density at radius 3 is 2.61 bits per heavy atom. The van der Waals surface area contributed by atoms with Gasteiger partial charge in [-0.3, -0.25) is 0 Å². The minimum absolute atomic E-state index is 0.298. The maximum atomic E-state index is 5.73. The SMILES string of the molecule is Cc1ccc2cc(NCCCC(C)N)ccc2c1. The summed E-state index contributed by atoms with van der Waals surface area (Å²) in [5.41, 5.74) is 8.23. The third-order valence-electron chi connectivity index (χ3n) is 3.16. The van der Waals surface area contributed by atoms with E-state index in [1.165, 1.54) is 22.0 Å². The van der Waals surface area contributed by atoms with E-state index in [2.05, 4.69) is 55.6 Å². The molecule has 0 saturated carbocycles. The lowest BCUT2D eigenvalue weighted by Gasteiger charge is -2.09. The lowest BCUT2D eigenvalue weighted by atomic mass is 10.1. The Balaban J connectivity index is 1.99. The molecule has 2 heteroatoms. The van der Waals surface area contributed by atoms with Gasteiger partial charge in [0.1, 0.15) is 0 Å². The Hall–Kier alpha value is -1.54. The third kappa shape index (κ3) is 3.47. The van der Waals surface area contributed by atoms with E-state index in [1.807, 2.05) is 0 Å². The molecule has 0 aliphatic heterocycles. The summed E-state index contributed by atoms with van der Waals surface area (Å²) in [6.45, 7) is 5.16. The van der Waals surface area contributed by atoms with Crippen molar-refractivity contribution in [1.82, 2.24) is 0 Å². The zero-order valence-corrected chi connectivity index (χ0v) is 11.2. The summed E-state index contributed by atoms with van der Waals surface area (Å²) < 4.78 is 0. The molecule has 0 aliphatic rings. The highest BCUT2D eigenvalue weighted by Gasteiger charge is 1.98. The van der Waals surface area contributed by atoms with E-state index in [0.29, 0.717) is 6.04 Å². The van der Waals surface area contributed by atoms with Gasteiger partial charge in [0.05, 0.1) is 0 Å². The van der Waals surface area contributed by atoms with E-state index >= 15 is 0 Å². The Bertz CT molecular complexity index is 517. The van der Waals surface area contributed by atoms with Gasteiger partial charge in [-0.05, 0) is 49.6 Å². The Labute approximate surface area is 109 Å². The fourth-order valence-corrected chi connectivity index (χ4v) is 2.13. The van der Waals surface area contributed by atoms with Crippen molar-refractivity contribution < 1.29 is 0 Å². The van der Waals surface area contributed by atoms with Crippen LogP contribution in [0, 0.1) is 6.92 Å². The summed E-state index contributed by atoms with van der Waals surface area (Å²) in [4.78, 5) is 0. The lowest BCUT2D eigenvalue weighted by molar-refractivity contribution is 0.639. The fraction of sp³-hybridized carbons (Fsp3) is 0.375. The molecule has 0 fully saturated rings. The number of fused-ring (bicyclic) bond motifs is 1. The Morgan fingerprint density at radius 1 is 1.11 bits per heavy atom. The summed E-state index contributed by atoms with van der Waals surface area (Å²) >= 11 is 0. The van der Waals surface area contributed by atoms with Crippen LogP contribution in [-0.2, 0) is 0 Å². The Kier molecular flexibility index (Phi) is 4.21. The molecule has 0 heterocycles. The van der Waals surface area contributed by atoms with Gasteiger partial charge in [0.2, 0.25) is 0 Å². The highest BCUT2D eigenvalue weighted by atomic mass is 14.9. The maximum Gasteiger partial charge on any atom is 0.0346 e. The van der Waals surface area contributed by atoms with Crippen LogP contribution in [0.2, 0.25) is 0 Å². The van der Waals surface area contributed by atoms with Gasteiger partial charge in [0, 0.05) is 18.3 Å². The predicted octanol–water partition coefficient (Wildman–Crippen LogP) is 3.69. The zero-order chi connectivity index (χ0) is 13.0. The molecule has 1 unspecified atom stereocenters. The molecule has 0 bridgehead atoms. The average molecular weight is 242 g/mol. The van der Waals surface area contributed by atoms with Crippen LogP contribution in [0.15, 0.2) is 36.4 Å². The predicted molar refractivity (Wildman–Crippen MR) is 80.1 cm³/mol. The number of anilines is 1. The Morgan fingerprint density at radius 2 is 1.83 bits per heavy atom. The van der Waals surface area contributed by atoms with Gasteiger partial charge < -0.3 is 11.1 Å².